The van der Waals surface area contributed by atoms with Gasteiger partial charge in [0.15, 0.2) is 0 Å². The van der Waals surface area contributed by atoms with Crippen molar-refractivity contribution in [3.63, 3.8) is 0 Å². The van der Waals surface area contributed by atoms with Crippen LogP contribution in [0.4, 0.5) is 0 Å². The van der Waals surface area contributed by atoms with Gasteiger partial charge in [-0.1, -0.05) is 58.4 Å². The number of halogens is 1. The third-order valence-corrected chi connectivity index (χ3v) is 5.94. The minimum absolute atomic E-state index is 0.141. The van der Waals surface area contributed by atoms with Crippen molar-refractivity contribution < 1.29 is 19.1 Å². The molecule has 0 N–H and O–H groups in total. The van der Waals surface area contributed by atoms with E-state index in [1.54, 1.807) is 45.0 Å². The van der Waals surface area contributed by atoms with E-state index in [-0.39, 0.29) is 6.42 Å². The van der Waals surface area contributed by atoms with Gasteiger partial charge in [-0.3, -0.25) is 14.5 Å². The summed E-state index contributed by atoms with van der Waals surface area (Å²) in [5, 5.41) is 1.95. The molecule has 1 atom stereocenters. The third-order valence-electron chi connectivity index (χ3n) is 5.20. The van der Waals surface area contributed by atoms with Gasteiger partial charge in [-0.25, -0.2) is 4.79 Å². The summed E-state index contributed by atoms with van der Waals surface area (Å²) in [4.78, 5) is 40.6. The molecule has 0 fully saturated rings. The van der Waals surface area contributed by atoms with Gasteiger partial charge in [0, 0.05) is 10.9 Å². The van der Waals surface area contributed by atoms with Crippen LogP contribution in [-0.4, -0.2) is 34.3 Å². The van der Waals surface area contributed by atoms with E-state index in [4.69, 9.17) is 4.74 Å². The molecule has 3 aromatic rings. The molecule has 31 heavy (non-hydrogen) atoms. The van der Waals surface area contributed by atoms with Gasteiger partial charge in [0.25, 0.3) is 11.8 Å². The van der Waals surface area contributed by atoms with Gasteiger partial charge >= 0.3 is 5.97 Å². The van der Waals surface area contributed by atoms with Crippen molar-refractivity contribution in [2.24, 2.45) is 0 Å². The number of carbonyl (C=O) groups is 3. The van der Waals surface area contributed by atoms with E-state index in [1.807, 2.05) is 36.4 Å². The molecule has 0 saturated heterocycles. The van der Waals surface area contributed by atoms with Crippen LogP contribution < -0.4 is 0 Å². The number of benzene rings is 3. The Morgan fingerprint density at radius 3 is 2.13 bits per heavy atom. The fourth-order valence-corrected chi connectivity index (χ4v) is 4.36. The van der Waals surface area contributed by atoms with Crippen LogP contribution in [0.25, 0.3) is 10.8 Å². The lowest BCUT2D eigenvalue weighted by Crippen LogP contribution is -2.48. The van der Waals surface area contributed by atoms with Crippen molar-refractivity contribution in [2.45, 2.75) is 38.8 Å². The zero-order chi connectivity index (χ0) is 22.3. The first-order valence-corrected chi connectivity index (χ1v) is 10.8. The Morgan fingerprint density at radius 2 is 1.52 bits per heavy atom. The number of ether oxygens (including phenoxy) is 1. The topological polar surface area (TPSA) is 63.7 Å². The van der Waals surface area contributed by atoms with Gasteiger partial charge in [0.05, 0.1) is 11.1 Å². The van der Waals surface area contributed by atoms with Crippen LogP contribution in [0.2, 0.25) is 0 Å². The van der Waals surface area contributed by atoms with Crippen LogP contribution in [0.3, 0.4) is 0 Å². The molecule has 2 amide bonds. The van der Waals surface area contributed by atoms with Gasteiger partial charge in [-0.15, -0.1) is 0 Å². The smallest absolute Gasteiger partial charge is 0.330 e. The maximum absolute atomic E-state index is 13.3. The number of amides is 2. The van der Waals surface area contributed by atoms with Gasteiger partial charge in [-0.05, 0) is 55.3 Å². The van der Waals surface area contributed by atoms with Crippen molar-refractivity contribution >= 4 is 44.5 Å². The highest BCUT2D eigenvalue weighted by Crippen LogP contribution is 2.32. The molecule has 0 saturated carbocycles. The number of hydrogen-bond acceptors (Lipinski definition) is 4. The fraction of sp³-hybridized carbons (Fsp3) is 0.240. The first-order valence-electron chi connectivity index (χ1n) is 10.0. The minimum Gasteiger partial charge on any atom is -0.458 e. The molecule has 0 aliphatic carbocycles. The Hall–Kier alpha value is -2.99. The first kappa shape index (κ1) is 21.2. The van der Waals surface area contributed by atoms with Gasteiger partial charge in [-0.2, -0.15) is 0 Å². The summed E-state index contributed by atoms with van der Waals surface area (Å²) in [7, 11) is 0. The zero-order valence-electron chi connectivity index (χ0n) is 17.5. The van der Waals surface area contributed by atoms with Crippen molar-refractivity contribution in [3.05, 3.63) is 81.8 Å². The molecule has 6 heteroatoms. The average Bonchev–Trinajstić information content (AvgIpc) is 2.97. The molecule has 0 aromatic heterocycles. The maximum Gasteiger partial charge on any atom is 0.330 e. The molecule has 4 rings (SSSR count). The summed E-state index contributed by atoms with van der Waals surface area (Å²) in [5.74, 6) is -1.57. The van der Waals surface area contributed by atoms with Crippen LogP contribution in [0.1, 0.15) is 47.1 Å². The quantitative estimate of drug-likeness (QED) is 0.383. The number of rotatable bonds is 4. The normalized spacial score (nSPS) is 14.6. The molecular weight excluding hydrogens is 458 g/mol. The largest absolute Gasteiger partial charge is 0.458 e. The highest BCUT2D eigenvalue weighted by molar-refractivity contribution is 9.10. The monoisotopic (exact) mass is 479 g/mol. The van der Waals surface area contributed by atoms with Gasteiger partial charge in [0.1, 0.15) is 11.6 Å². The molecule has 1 heterocycles. The number of nitrogens with zero attached hydrogens (tertiary/aromatic N) is 1. The Kier molecular flexibility index (Phi) is 5.43. The summed E-state index contributed by atoms with van der Waals surface area (Å²) in [6, 6.07) is 17.2. The number of imide groups is 1. The zero-order valence-corrected chi connectivity index (χ0v) is 19.1. The second-order valence-electron chi connectivity index (χ2n) is 8.53. The Morgan fingerprint density at radius 1 is 0.935 bits per heavy atom. The molecule has 1 aliphatic heterocycles. The van der Waals surface area contributed by atoms with Crippen molar-refractivity contribution in [2.75, 3.05) is 0 Å². The molecule has 1 unspecified atom stereocenters. The third kappa shape index (κ3) is 4.00. The molecule has 0 spiro atoms. The highest BCUT2D eigenvalue weighted by atomic mass is 79.9. The molecule has 1 aliphatic rings. The van der Waals surface area contributed by atoms with Crippen LogP contribution in [-0.2, 0) is 16.0 Å². The minimum atomic E-state index is -1.09. The van der Waals surface area contributed by atoms with Crippen molar-refractivity contribution in [1.82, 2.24) is 4.90 Å². The van der Waals surface area contributed by atoms with Crippen LogP contribution in [0.15, 0.2) is 65.1 Å². The van der Waals surface area contributed by atoms with Crippen LogP contribution >= 0.6 is 15.9 Å². The van der Waals surface area contributed by atoms with E-state index >= 15 is 0 Å². The number of hydrogen-bond donors (Lipinski definition) is 0. The fourth-order valence-electron chi connectivity index (χ4n) is 3.85. The highest BCUT2D eigenvalue weighted by Gasteiger charge is 2.44. The SMILES string of the molecule is CC(C)(C)OC(=O)C(Cc1c(Br)ccc2ccccc12)N1C(=O)c2ccccc2C1=O. The second kappa shape index (κ2) is 7.93. The van der Waals surface area contributed by atoms with Crippen LogP contribution in [0.5, 0.6) is 0 Å². The van der Waals surface area contributed by atoms with E-state index in [0.717, 1.165) is 25.7 Å². The first-order chi connectivity index (χ1) is 14.7. The second-order valence-corrected chi connectivity index (χ2v) is 9.38. The molecule has 158 valence electrons. The van der Waals surface area contributed by atoms with E-state index in [1.165, 1.54) is 0 Å². The summed E-state index contributed by atoms with van der Waals surface area (Å²) in [6.45, 7) is 5.29. The molecule has 5 nitrogen and oxygen atoms in total. The molecule has 0 bridgehead atoms. The standard InChI is InChI=1S/C25H22BrNO4/c1-25(2,3)31-24(30)21(27-22(28)17-10-6-7-11-18(17)23(27)29)14-19-16-9-5-4-8-15(16)12-13-20(19)26/h4-13,21H,14H2,1-3H3. The lowest BCUT2D eigenvalue weighted by Gasteiger charge is -2.29. The molecule has 3 aromatic carbocycles. The lowest BCUT2D eigenvalue weighted by molar-refractivity contribution is -0.159. The molecule has 0 radical (unpaired) electrons. The predicted octanol–water partition coefficient (Wildman–Crippen LogP) is 5.15. The van der Waals surface area contributed by atoms with Gasteiger partial charge in [0.2, 0.25) is 0 Å². The van der Waals surface area contributed by atoms with Crippen molar-refractivity contribution in [3.8, 4) is 0 Å². The summed E-state index contributed by atoms with van der Waals surface area (Å²) < 4.78 is 6.43. The number of carbonyl (C=O) groups excluding carboxylic acids is 3. The Balaban J connectivity index is 1.81. The Bertz CT molecular complexity index is 1180. The molecular formula is C25H22BrNO4. The Labute approximate surface area is 189 Å². The maximum atomic E-state index is 13.3. The van der Waals surface area contributed by atoms with Gasteiger partial charge < -0.3 is 4.74 Å². The van der Waals surface area contributed by atoms with E-state index in [0.29, 0.717) is 11.1 Å². The number of esters is 1. The number of fused-ring (bicyclic) bond motifs is 2. The summed E-state index contributed by atoms with van der Waals surface area (Å²) in [6.07, 6.45) is 0.141. The average molecular weight is 480 g/mol. The van der Waals surface area contributed by atoms with E-state index < -0.39 is 29.4 Å². The van der Waals surface area contributed by atoms with Crippen molar-refractivity contribution in [1.29, 1.82) is 0 Å². The van der Waals surface area contributed by atoms with Crippen LogP contribution in [0, 0.1) is 0 Å². The summed E-state index contributed by atoms with van der Waals surface area (Å²) >= 11 is 3.58. The van der Waals surface area contributed by atoms with E-state index in [9.17, 15) is 14.4 Å². The predicted molar refractivity (Wildman–Crippen MR) is 122 cm³/mol. The van der Waals surface area contributed by atoms with E-state index in [2.05, 4.69) is 15.9 Å². The summed E-state index contributed by atoms with van der Waals surface area (Å²) in [5.41, 5.74) is 0.686. The lowest BCUT2D eigenvalue weighted by atomic mass is 9.97.